The van der Waals surface area contributed by atoms with Crippen molar-refractivity contribution in [3.05, 3.63) is 58.8 Å². The summed E-state index contributed by atoms with van der Waals surface area (Å²) in [6, 6.07) is 13.0. The third-order valence-corrected chi connectivity index (χ3v) is 8.41. The van der Waals surface area contributed by atoms with E-state index in [4.69, 9.17) is 15.2 Å². The number of amides is 2. The zero-order chi connectivity index (χ0) is 30.8. The van der Waals surface area contributed by atoms with E-state index < -0.39 is 5.91 Å². The van der Waals surface area contributed by atoms with Crippen molar-refractivity contribution in [3.8, 4) is 16.9 Å². The summed E-state index contributed by atoms with van der Waals surface area (Å²) >= 11 is 0. The van der Waals surface area contributed by atoms with E-state index in [-0.39, 0.29) is 12.5 Å². The fourth-order valence-electron chi connectivity index (χ4n) is 5.72. The van der Waals surface area contributed by atoms with Crippen molar-refractivity contribution in [2.45, 2.75) is 58.5 Å². The van der Waals surface area contributed by atoms with E-state index in [0.717, 1.165) is 60.4 Å². The van der Waals surface area contributed by atoms with Gasteiger partial charge in [-0.3, -0.25) is 9.59 Å². The molecule has 1 saturated carbocycles. The van der Waals surface area contributed by atoms with Crippen molar-refractivity contribution in [1.29, 1.82) is 0 Å². The Bertz CT molecular complexity index is 1230. The number of carbonyl (C=O) groups is 2. The maximum absolute atomic E-state index is 13.7. The minimum absolute atomic E-state index is 0.0411. The highest BCUT2D eigenvalue weighted by atomic mass is 16.5. The van der Waals surface area contributed by atoms with Crippen molar-refractivity contribution in [2.24, 2.45) is 5.73 Å². The van der Waals surface area contributed by atoms with E-state index in [1.165, 1.54) is 0 Å². The molecule has 230 valence electrons. The number of nitrogens with zero attached hydrogens (tertiary/aromatic N) is 2. The molecule has 0 bridgehead atoms. The molecule has 2 aromatic rings. The smallest absolute Gasteiger partial charge is 0.251 e. The zero-order valence-electron chi connectivity index (χ0n) is 26.4. The first-order valence-electron chi connectivity index (χ1n) is 14.9. The standard InChI is InChI=1S/C33H49N5O4/c1-8-38(27-13-11-26(12-14-27)37(5)6)31-20-25(24-9-15-28(16-10-24)42-18-17-41-7)19-29(22(31)2)33(40)36-21-30(32(34)39)23(3)35-4/h9-10,15-16,19-20,26-27,35H,8,11-14,17-18,21H2,1-7H3,(H2,34,39)(H,36,40)/b30-23-. The normalized spacial score (nSPS) is 17.4. The van der Waals surface area contributed by atoms with Gasteiger partial charge >= 0.3 is 0 Å². The predicted octanol–water partition coefficient (Wildman–Crippen LogP) is 4.09. The molecule has 0 heterocycles. The molecule has 0 spiro atoms. The molecule has 0 aliphatic heterocycles. The largest absolute Gasteiger partial charge is 0.491 e. The first kappa shape index (κ1) is 32.9. The number of methoxy groups -OCH3 is 1. The van der Waals surface area contributed by atoms with Crippen LogP contribution in [-0.4, -0.2) is 83.4 Å². The van der Waals surface area contributed by atoms with Gasteiger partial charge < -0.3 is 35.6 Å². The second-order valence-electron chi connectivity index (χ2n) is 11.1. The average molecular weight is 580 g/mol. The fourth-order valence-corrected chi connectivity index (χ4v) is 5.72. The summed E-state index contributed by atoms with van der Waals surface area (Å²) < 4.78 is 10.8. The second kappa shape index (κ2) is 15.6. The molecule has 2 aromatic carbocycles. The maximum Gasteiger partial charge on any atom is 0.251 e. The van der Waals surface area contributed by atoms with Crippen molar-refractivity contribution in [1.82, 2.24) is 15.5 Å². The summed E-state index contributed by atoms with van der Waals surface area (Å²) in [5.74, 6) is -0.0450. The first-order valence-corrected chi connectivity index (χ1v) is 14.9. The third-order valence-electron chi connectivity index (χ3n) is 8.41. The molecule has 3 rings (SSSR count). The van der Waals surface area contributed by atoms with Crippen molar-refractivity contribution in [2.75, 3.05) is 59.5 Å². The van der Waals surface area contributed by atoms with Crippen LogP contribution in [0, 0.1) is 6.92 Å². The van der Waals surface area contributed by atoms with Gasteiger partial charge in [0.25, 0.3) is 5.91 Å². The number of allylic oxidation sites excluding steroid dienone is 1. The monoisotopic (exact) mass is 579 g/mol. The SMILES string of the molecule is CCN(c1cc(-c2ccc(OCCOC)cc2)cc(C(=O)NC/C(C(N)=O)=C(\C)NC)c1C)C1CCC(N(C)C)CC1. The van der Waals surface area contributed by atoms with E-state index in [2.05, 4.69) is 47.5 Å². The van der Waals surface area contributed by atoms with Crippen LogP contribution in [-0.2, 0) is 9.53 Å². The van der Waals surface area contributed by atoms with Gasteiger partial charge in [-0.15, -0.1) is 0 Å². The van der Waals surface area contributed by atoms with Gasteiger partial charge in [0.1, 0.15) is 12.4 Å². The van der Waals surface area contributed by atoms with E-state index >= 15 is 0 Å². The van der Waals surface area contributed by atoms with Crippen LogP contribution in [0.25, 0.3) is 11.1 Å². The van der Waals surface area contributed by atoms with Gasteiger partial charge in [0.15, 0.2) is 0 Å². The first-order chi connectivity index (χ1) is 20.1. The Morgan fingerprint density at radius 1 is 1.00 bits per heavy atom. The summed E-state index contributed by atoms with van der Waals surface area (Å²) in [5, 5.41) is 5.89. The zero-order valence-corrected chi connectivity index (χ0v) is 26.4. The molecule has 0 radical (unpaired) electrons. The van der Waals surface area contributed by atoms with Gasteiger partial charge in [0.2, 0.25) is 5.91 Å². The predicted molar refractivity (Wildman–Crippen MR) is 170 cm³/mol. The molecule has 0 saturated heterocycles. The van der Waals surface area contributed by atoms with Gasteiger partial charge in [-0.25, -0.2) is 0 Å². The average Bonchev–Trinajstić information content (AvgIpc) is 2.98. The van der Waals surface area contributed by atoms with Gasteiger partial charge in [0, 0.05) is 49.7 Å². The number of anilines is 1. The summed E-state index contributed by atoms with van der Waals surface area (Å²) in [6.45, 7) is 7.84. The van der Waals surface area contributed by atoms with Crippen LogP contribution in [0.4, 0.5) is 5.69 Å². The number of carbonyl (C=O) groups excluding carboxylic acids is 2. The summed E-state index contributed by atoms with van der Waals surface area (Å²) in [6.07, 6.45) is 4.51. The fraction of sp³-hybridized carbons (Fsp3) is 0.515. The molecular formula is C33H49N5O4. The van der Waals surface area contributed by atoms with Crippen LogP contribution in [0.5, 0.6) is 5.75 Å². The molecule has 0 unspecified atom stereocenters. The van der Waals surface area contributed by atoms with Crippen LogP contribution in [0.15, 0.2) is 47.7 Å². The van der Waals surface area contributed by atoms with Crippen LogP contribution < -0.4 is 26.0 Å². The molecule has 42 heavy (non-hydrogen) atoms. The number of rotatable bonds is 14. The van der Waals surface area contributed by atoms with Gasteiger partial charge in [0.05, 0.1) is 18.7 Å². The highest BCUT2D eigenvalue weighted by Crippen LogP contribution is 2.36. The lowest BCUT2D eigenvalue weighted by Gasteiger charge is -2.40. The van der Waals surface area contributed by atoms with E-state index in [0.29, 0.717) is 42.1 Å². The van der Waals surface area contributed by atoms with Gasteiger partial charge in [-0.2, -0.15) is 0 Å². The molecular weight excluding hydrogens is 530 g/mol. The summed E-state index contributed by atoms with van der Waals surface area (Å²) in [7, 11) is 7.69. The Hall–Kier alpha value is -3.56. The van der Waals surface area contributed by atoms with Crippen LogP contribution >= 0.6 is 0 Å². The summed E-state index contributed by atoms with van der Waals surface area (Å²) in [4.78, 5) is 30.5. The van der Waals surface area contributed by atoms with Gasteiger partial charge in [-0.1, -0.05) is 12.1 Å². The van der Waals surface area contributed by atoms with Crippen molar-refractivity contribution >= 4 is 17.5 Å². The highest BCUT2D eigenvalue weighted by Gasteiger charge is 2.28. The highest BCUT2D eigenvalue weighted by molar-refractivity contribution is 6.00. The maximum atomic E-state index is 13.7. The topological polar surface area (TPSA) is 109 Å². The number of hydrogen-bond acceptors (Lipinski definition) is 7. The lowest BCUT2D eigenvalue weighted by Crippen LogP contribution is -2.42. The molecule has 9 heteroatoms. The van der Waals surface area contributed by atoms with Crippen molar-refractivity contribution in [3.63, 3.8) is 0 Å². The number of benzene rings is 2. The van der Waals surface area contributed by atoms with E-state index in [1.54, 1.807) is 21.1 Å². The Morgan fingerprint density at radius 3 is 2.19 bits per heavy atom. The molecule has 0 aromatic heterocycles. The molecule has 1 fully saturated rings. The van der Waals surface area contributed by atoms with Crippen LogP contribution in [0.2, 0.25) is 0 Å². The van der Waals surface area contributed by atoms with Crippen LogP contribution in [0.3, 0.4) is 0 Å². The third kappa shape index (κ3) is 8.26. The Kier molecular flexibility index (Phi) is 12.2. The number of nitrogens with one attached hydrogen (secondary N) is 2. The number of primary amides is 1. The molecule has 9 nitrogen and oxygen atoms in total. The summed E-state index contributed by atoms with van der Waals surface area (Å²) in [5.41, 5.74) is 11.1. The molecule has 4 N–H and O–H groups in total. The minimum atomic E-state index is -0.563. The van der Waals surface area contributed by atoms with Crippen molar-refractivity contribution < 1.29 is 19.1 Å². The quantitative estimate of drug-likeness (QED) is 0.228. The number of ether oxygens (including phenoxy) is 2. The van der Waals surface area contributed by atoms with Crippen LogP contribution in [0.1, 0.15) is 55.5 Å². The Labute approximate surface area is 251 Å². The lowest BCUT2D eigenvalue weighted by atomic mass is 9.88. The van der Waals surface area contributed by atoms with E-state index in [1.807, 2.05) is 37.3 Å². The number of hydrogen-bond donors (Lipinski definition) is 3. The Balaban J connectivity index is 2.00. The molecule has 1 aliphatic rings. The lowest BCUT2D eigenvalue weighted by molar-refractivity contribution is -0.114. The number of nitrogens with two attached hydrogens (primary N) is 1. The minimum Gasteiger partial charge on any atom is -0.491 e. The van der Waals surface area contributed by atoms with Gasteiger partial charge in [-0.05, 0) is 102 Å². The molecule has 2 amide bonds. The second-order valence-corrected chi connectivity index (χ2v) is 11.1. The Morgan fingerprint density at radius 2 is 1.64 bits per heavy atom. The molecule has 0 atom stereocenters. The van der Waals surface area contributed by atoms with E-state index in [9.17, 15) is 9.59 Å². The molecule has 1 aliphatic carbocycles.